The summed E-state index contributed by atoms with van der Waals surface area (Å²) < 4.78 is 15.3. The van der Waals surface area contributed by atoms with Gasteiger partial charge in [0.1, 0.15) is 42.7 Å². The molecule has 0 aromatic rings. The first-order valence-electron chi connectivity index (χ1n) is 7.05. The molecule has 23 heavy (non-hydrogen) atoms. The van der Waals surface area contributed by atoms with Gasteiger partial charge in [-0.1, -0.05) is 0 Å². The van der Waals surface area contributed by atoms with Crippen molar-refractivity contribution in [1.82, 2.24) is 0 Å². The van der Waals surface area contributed by atoms with Crippen LogP contribution < -0.4 is 0 Å². The summed E-state index contributed by atoms with van der Waals surface area (Å²) >= 11 is 0. The lowest BCUT2D eigenvalue weighted by atomic mass is 9.99. The molecule has 0 spiro atoms. The third kappa shape index (κ3) is 3.36. The van der Waals surface area contributed by atoms with E-state index in [9.17, 15) is 30.6 Å². The maximum atomic E-state index is 10.00. The first kappa shape index (κ1) is 18.9. The summed E-state index contributed by atoms with van der Waals surface area (Å²) in [6.45, 7) is -2.32. The van der Waals surface area contributed by atoms with Crippen LogP contribution in [0.25, 0.3) is 0 Å². The Hall–Kier alpha value is -0.440. The third-order valence-electron chi connectivity index (χ3n) is 4.04. The van der Waals surface area contributed by atoms with E-state index in [-0.39, 0.29) is 0 Å². The Balaban J connectivity index is 2.13. The molecule has 0 aliphatic carbocycles. The van der Waals surface area contributed by atoms with E-state index in [1.807, 2.05) is 0 Å². The molecule has 2 rings (SSSR count). The second kappa shape index (κ2) is 7.21. The molecule has 7 unspecified atom stereocenters. The Labute approximate surface area is 130 Å². The van der Waals surface area contributed by atoms with Gasteiger partial charge < -0.3 is 55.1 Å². The fourth-order valence-corrected chi connectivity index (χ4v) is 2.63. The van der Waals surface area contributed by atoms with Crippen LogP contribution >= 0.6 is 0 Å². The lowest BCUT2D eigenvalue weighted by Crippen LogP contribution is -2.60. The average molecular weight is 342 g/mol. The van der Waals surface area contributed by atoms with E-state index < -0.39 is 74.6 Å². The lowest BCUT2D eigenvalue weighted by Gasteiger charge is -2.41. The van der Waals surface area contributed by atoms with Gasteiger partial charge in [-0.25, -0.2) is 0 Å². The monoisotopic (exact) mass is 342 g/mol. The van der Waals surface area contributed by atoms with E-state index in [4.69, 9.17) is 24.4 Å². The van der Waals surface area contributed by atoms with Crippen LogP contribution in [0.2, 0.25) is 0 Å². The van der Waals surface area contributed by atoms with Crippen LogP contribution in [0, 0.1) is 0 Å². The molecule has 9 atom stereocenters. The molecule has 0 aromatic heterocycles. The van der Waals surface area contributed by atoms with Gasteiger partial charge in [-0.05, 0) is 0 Å². The quantitative estimate of drug-likeness (QED) is 0.238. The molecule has 0 bridgehead atoms. The van der Waals surface area contributed by atoms with Crippen LogP contribution in [0.15, 0.2) is 0 Å². The Morgan fingerprint density at radius 1 is 0.870 bits per heavy atom. The zero-order valence-electron chi connectivity index (χ0n) is 12.0. The lowest BCUT2D eigenvalue weighted by molar-refractivity contribution is -0.318. The molecule has 0 amide bonds. The molecule has 136 valence electrons. The van der Waals surface area contributed by atoms with Gasteiger partial charge in [0.2, 0.25) is 5.79 Å². The minimum absolute atomic E-state index is 0.668. The number of hydrogen-bond donors (Lipinski definition) is 8. The van der Waals surface area contributed by atoms with E-state index in [0.29, 0.717) is 0 Å². The van der Waals surface area contributed by atoms with Crippen molar-refractivity contribution >= 4 is 0 Å². The molecule has 11 nitrogen and oxygen atoms in total. The number of aliphatic hydroxyl groups excluding tert-OH is 7. The third-order valence-corrected chi connectivity index (χ3v) is 4.04. The molecule has 2 aliphatic rings. The second-order valence-electron chi connectivity index (χ2n) is 5.58. The number of rotatable bonds is 5. The summed E-state index contributed by atoms with van der Waals surface area (Å²) in [5, 5.41) is 76.5. The summed E-state index contributed by atoms with van der Waals surface area (Å²) in [4.78, 5) is 0. The van der Waals surface area contributed by atoms with E-state index >= 15 is 0 Å². The van der Waals surface area contributed by atoms with Crippen molar-refractivity contribution in [3.8, 4) is 0 Å². The van der Waals surface area contributed by atoms with Gasteiger partial charge in [-0.3, -0.25) is 0 Å². The zero-order valence-corrected chi connectivity index (χ0v) is 12.0. The maximum absolute atomic E-state index is 10.00. The summed E-state index contributed by atoms with van der Waals surface area (Å²) in [7, 11) is 0. The Bertz CT molecular complexity index is 393. The molecular weight excluding hydrogens is 320 g/mol. The van der Waals surface area contributed by atoms with E-state index in [2.05, 4.69) is 0 Å². The normalized spacial score (nSPS) is 51.1. The van der Waals surface area contributed by atoms with Crippen LogP contribution in [-0.4, -0.2) is 115 Å². The van der Waals surface area contributed by atoms with E-state index in [1.165, 1.54) is 0 Å². The van der Waals surface area contributed by atoms with Gasteiger partial charge in [-0.2, -0.15) is 0 Å². The first-order valence-corrected chi connectivity index (χ1v) is 7.05. The second-order valence-corrected chi connectivity index (χ2v) is 5.58. The predicted molar refractivity (Wildman–Crippen MR) is 68.6 cm³/mol. The van der Waals surface area contributed by atoms with E-state index in [1.54, 1.807) is 0 Å². The van der Waals surface area contributed by atoms with Gasteiger partial charge in [-0.15, -0.1) is 0 Å². The fourth-order valence-electron chi connectivity index (χ4n) is 2.63. The average Bonchev–Trinajstić information content (AvgIpc) is 2.80. The fraction of sp³-hybridized carbons (Fsp3) is 1.00. The van der Waals surface area contributed by atoms with Crippen LogP contribution in [-0.2, 0) is 14.2 Å². The zero-order chi connectivity index (χ0) is 17.4. The number of ether oxygens (including phenoxy) is 3. The van der Waals surface area contributed by atoms with Crippen molar-refractivity contribution in [2.24, 2.45) is 0 Å². The minimum Gasteiger partial charge on any atom is -0.394 e. The van der Waals surface area contributed by atoms with E-state index in [0.717, 1.165) is 0 Å². The van der Waals surface area contributed by atoms with Crippen molar-refractivity contribution in [3.05, 3.63) is 0 Å². The topological polar surface area (TPSA) is 190 Å². The molecule has 0 aromatic carbocycles. The van der Waals surface area contributed by atoms with Gasteiger partial charge in [0.15, 0.2) is 6.29 Å². The smallest absolute Gasteiger partial charge is 0.219 e. The Morgan fingerprint density at radius 2 is 1.48 bits per heavy atom. The van der Waals surface area contributed by atoms with Gasteiger partial charge in [0.05, 0.1) is 19.8 Å². The highest BCUT2D eigenvalue weighted by atomic mass is 16.7. The van der Waals surface area contributed by atoms with Crippen molar-refractivity contribution in [3.63, 3.8) is 0 Å². The number of hydrogen-bond acceptors (Lipinski definition) is 11. The Kier molecular flexibility index (Phi) is 5.92. The SMILES string of the molecule is OCC1OC(OC2C(O)[C@@](O)(CO)O[C@@H]2CO)C(O)C(O)C1O. The van der Waals surface area contributed by atoms with Crippen LogP contribution in [0.5, 0.6) is 0 Å². The first-order chi connectivity index (χ1) is 10.8. The molecule has 2 saturated heterocycles. The predicted octanol–water partition coefficient (Wildman–Crippen LogP) is -5.40. The van der Waals surface area contributed by atoms with Crippen LogP contribution in [0.3, 0.4) is 0 Å². The molecule has 11 heteroatoms. The highest BCUT2D eigenvalue weighted by Gasteiger charge is 2.56. The largest absolute Gasteiger partial charge is 0.394 e. The minimum atomic E-state index is -2.37. The number of aliphatic hydroxyl groups is 8. The summed E-state index contributed by atoms with van der Waals surface area (Å²) in [5.74, 6) is -2.37. The molecule has 0 radical (unpaired) electrons. The molecular formula is C12H22O11. The highest BCUT2D eigenvalue weighted by Crippen LogP contribution is 2.33. The molecule has 2 heterocycles. The van der Waals surface area contributed by atoms with Crippen LogP contribution in [0.4, 0.5) is 0 Å². The van der Waals surface area contributed by atoms with Crippen molar-refractivity contribution in [2.45, 2.75) is 54.8 Å². The van der Waals surface area contributed by atoms with Gasteiger partial charge in [0, 0.05) is 0 Å². The standard InChI is InChI=1S/C12H22O11/c13-1-4-6(16)7(17)8(18)11(21-4)22-9-5(2-14)23-12(20,3-15)10(9)19/h4-11,13-20H,1-3H2/t4?,5-,6?,7?,8?,9?,10?,11?,12-/m1/s1. The van der Waals surface area contributed by atoms with Crippen LogP contribution in [0.1, 0.15) is 0 Å². The van der Waals surface area contributed by atoms with Crippen molar-refractivity contribution in [2.75, 3.05) is 19.8 Å². The van der Waals surface area contributed by atoms with Gasteiger partial charge in [0.25, 0.3) is 0 Å². The maximum Gasteiger partial charge on any atom is 0.219 e. The molecule has 2 fully saturated rings. The van der Waals surface area contributed by atoms with Crippen molar-refractivity contribution < 1.29 is 55.1 Å². The van der Waals surface area contributed by atoms with Crippen molar-refractivity contribution in [1.29, 1.82) is 0 Å². The summed E-state index contributed by atoms with van der Waals surface area (Å²) in [6.07, 6.45) is -12.2. The molecule has 8 N–H and O–H groups in total. The summed E-state index contributed by atoms with van der Waals surface area (Å²) in [6, 6.07) is 0. The molecule has 2 aliphatic heterocycles. The highest BCUT2D eigenvalue weighted by molar-refractivity contribution is 4.98. The molecule has 0 saturated carbocycles. The van der Waals surface area contributed by atoms with Gasteiger partial charge >= 0.3 is 0 Å². The Morgan fingerprint density at radius 3 is 2.00 bits per heavy atom. The summed E-state index contributed by atoms with van der Waals surface area (Å²) in [5.41, 5.74) is 0.